The predicted molar refractivity (Wildman–Crippen MR) is 85.2 cm³/mol. The molecule has 0 spiro atoms. The van der Waals surface area contributed by atoms with E-state index in [2.05, 4.69) is 22.9 Å². The summed E-state index contributed by atoms with van der Waals surface area (Å²) in [5, 5.41) is 9.47. The lowest BCUT2D eigenvalue weighted by molar-refractivity contribution is -0.144. The summed E-state index contributed by atoms with van der Waals surface area (Å²) in [6.45, 7) is 2.12. The van der Waals surface area contributed by atoms with Crippen molar-refractivity contribution >= 4 is 33.5 Å². The zero-order valence-corrected chi connectivity index (χ0v) is 14.3. The van der Waals surface area contributed by atoms with Crippen LogP contribution in [0.3, 0.4) is 0 Å². The maximum absolute atomic E-state index is 14.4. The van der Waals surface area contributed by atoms with Gasteiger partial charge in [0.25, 0.3) is 0 Å². The SMILES string of the molecule is CCCC1CCC(C(=O)O)C(c2ccc(Br)c(Cl)c2F)C1. The van der Waals surface area contributed by atoms with Crippen molar-refractivity contribution < 1.29 is 14.3 Å². The monoisotopic (exact) mass is 376 g/mol. The van der Waals surface area contributed by atoms with E-state index in [-0.39, 0.29) is 10.9 Å². The molecule has 3 unspecified atom stereocenters. The van der Waals surface area contributed by atoms with Gasteiger partial charge in [0.15, 0.2) is 0 Å². The Kier molecular flexibility index (Phi) is 5.67. The van der Waals surface area contributed by atoms with E-state index in [1.165, 1.54) is 0 Å². The molecule has 1 aliphatic carbocycles. The van der Waals surface area contributed by atoms with Gasteiger partial charge in [0.05, 0.1) is 10.9 Å². The van der Waals surface area contributed by atoms with Gasteiger partial charge in [0, 0.05) is 10.4 Å². The number of carbonyl (C=O) groups is 1. The fraction of sp³-hybridized carbons (Fsp3) is 0.562. The number of carboxylic acids is 1. The smallest absolute Gasteiger partial charge is 0.307 e. The fourth-order valence-corrected chi connectivity index (χ4v) is 3.87. The first-order chi connectivity index (χ1) is 9.95. The molecule has 2 rings (SSSR count). The third kappa shape index (κ3) is 3.59. The Balaban J connectivity index is 2.35. The van der Waals surface area contributed by atoms with Crippen molar-refractivity contribution in [2.75, 3.05) is 0 Å². The molecule has 1 aliphatic rings. The molecule has 0 aliphatic heterocycles. The summed E-state index contributed by atoms with van der Waals surface area (Å²) in [5.74, 6) is -1.67. The lowest BCUT2D eigenvalue weighted by Crippen LogP contribution is -2.30. The second kappa shape index (κ2) is 7.10. The predicted octanol–water partition coefficient (Wildman–Crippen LogP) is 5.63. The molecule has 1 fully saturated rings. The zero-order valence-electron chi connectivity index (χ0n) is 11.9. The van der Waals surface area contributed by atoms with E-state index >= 15 is 0 Å². The van der Waals surface area contributed by atoms with Gasteiger partial charge < -0.3 is 5.11 Å². The summed E-state index contributed by atoms with van der Waals surface area (Å²) < 4.78 is 14.9. The molecule has 0 aromatic heterocycles. The Morgan fingerprint density at radius 2 is 2.19 bits per heavy atom. The highest BCUT2D eigenvalue weighted by molar-refractivity contribution is 9.10. The van der Waals surface area contributed by atoms with E-state index in [9.17, 15) is 14.3 Å². The van der Waals surface area contributed by atoms with E-state index in [1.807, 2.05) is 0 Å². The molecule has 0 radical (unpaired) electrons. The van der Waals surface area contributed by atoms with Crippen LogP contribution in [0.15, 0.2) is 16.6 Å². The standard InChI is InChI=1S/C16H19BrClFO2/c1-2-3-9-4-5-11(16(20)21)12(8-9)10-6-7-13(17)14(18)15(10)19/h6-7,9,11-12H,2-5,8H2,1H3,(H,20,21). The van der Waals surface area contributed by atoms with Gasteiger partial charge in [-0.05, 0) is 52.7 Å². The summed E-state index contributed by atoms with van der Waals surface area (Å²) in [5.41, 5.74) is 0.441. The summed E-state index contributed by atoms with van der Waals surface area (Å²) >= 11 is 9.15. The average Bonchev–Trinajstić information content (AvgIpc) is 2.45. The number of halogens is 3. The molecule has 1 saturated carbocycles. The summed E-state index contributed by atoms with van der Waals surface area (Å²) in [6, 6.07) is 3.36. The third-order valence-corrected chi connectivity index (χ3v) is 5.70. The number of hydrogen-bond donors (Lipinski definition) is 1. The van der Waals surface area contributed by atoms with Crippen LogP contribution in [0.4, 0.5) is 4.39 Å². The number of carboxylic acid groups (broad SMARTS) is 1. The molecule has 116 valence electrons. The summed E-state index contributed by atoms with van der Waals surface area (Å²) in [6.07, 6.45) is 4.37. The van der Waals surface area contributed by atoms with Crippen LogP contribution in [0.5, 0.6) is 0 Å². The fourth-order valence-electron chi connectivity index (χ4n) is 3.39. The Morgan fingerprint density at radius 1 is 1.48 bits per heavy atom. The maximum atomic E-state index is 14.4. The summed E-state index contributed by atoms with van der Waals surface area (Å²) in [4.78, 5) is 11.5. The second-order valence-electron chi connectivity index (χ2n) is 5.78. The van der Waals surface area contributed by atoms with Gasteiger partial charge in [-0.3, -0.25) is 4.79 Å². The van der Waals surface area contributed by atoms with Crippen molar-refractivity contribution in [2.45, 2.75) is 44.9 Å². The van der Waals surface area contributed by atoms with Gasteiger partial charge in [-0.2, -0.15) is 0 Å². The molecule has 0 amide bonds. The first-order valence-corrected chi connectivity index (χ1v) is 8.49. The third-order valence-electron chi connectivity index (χ3n) is 4.44. The first kappa shape index (κ1) is 16.8. The molecule has 2 nitrogen and oxygen atoms in total. The minimum atomic E-state index is -0.839. The largest absolute Gasteiger partial charge is 0.481 e. The van der Waals surface area contributed by atoms with Gasteiger partial charge in [-0.15, -0.1) is 0 Å². The highest BCUT2D eigenvalue weighted by Crippen LogP contribution is 2.44. The van der Waals surface area contributed by atoms with Crippen LogP contribution >= 0.6 is 27.5 Å². The van der Waals surface area contributed by atoms with Gasteiger partial charge in [0.2, 0.25) is 0 Å². The Labute approximate surface area is 137 Å². The lowest BCUT2D eigenvalue weighted by atomic mass is 9.70. The molecule has 1 N–H and O–H groups in total. The van der Waals surface area contributed by atoms with E-state index < -0.39 is 17.7 Å². The minimum Gasteiger partial charge on any atom is -0.481 e. The van der Waals surface area contributed by atoms with E-state index in [0.717, 1.165) is 25.7 Å². The Bertz CT molecular complexity index is 535. The molecule has 0 bridgehead atoms. The van der Waals surface area contributed by atoms with Gasteiger partial charge in [-0.25, -0.2) is 4.39 Å². The van der Waals surface area contributed by atoms with Crippen LogP contribution in [0, 0.1) is 17.7 Å². The van der Waals surface area contributed by atoms with Crippen molar-refractivity contribution in [2.24, 2.45) is 11.8 Å². The number of hydrogen-bond acceptors (Lipinski definition) is 1. The van der Waals surface area contributed by atoms with Crippen molar-refractivity contribution in [3.8, 4) is 0 Å². The van der Waals surface area contributed by atoms with Gasteiger partial charge in [0.1, 0.15) is 5.82 Å². The van der Waals surface area contributed by atoms with E-state index in [0.29, 0.717) is 22.4 Å². The Morgan fingerprint density at radius 3 is 2.81 bits per heavy atom. The Hall–Kier alpha value is -0.610. The number of rotatable bonds is 4. The van der Waals surface area contributed by atoms with E-state index in [1.54, 1.807) is 12.1 Å². The lowest BCUT2D eigenvalue weighted by Gasteiger charge is -2.34. The van der Waals surface area contributed by atoms with Crippen LogP contribution in [-0.4, -0.2) is 11.1 Å². The molecule has 1 aromatic carbocycles. The molecule has 0 heterocycles. The number of aliphatic carboxylic acids is 1. The van der Waals surface area contributed by atoms with Crippen molar-refractivity contribution in [1.82, 2.24) is 0 Å². The second-order valence-corrected chi connectivity index (χ2v) is 7.02. The molecule has 1 aromatic rings. The topological polar surface area (TPSA) is 37.3 Å². The number of benzene rings is 1. The summed E-state index contributed by atoms with van der Waals surface area (Å²) in [7, 11) is 0. The van der Waals surface area contributed by atoms with Gasteiger partial charge in [-0.1, -0.05) is 37.4 Å². The molecular formula is C16H19BrClFO2. The van der Waals surface area contributed by atoms with Crippen molar-refractivity contribution in [3.05, 3.63) is 33.0 Å². The molecule has 5 heteroatoms. The van der Waals surface area contributed by atoms with Crippen LogP contribution in [0.2, 0.25) is 5.02 Å². The minimum absolute atomic E-state index is 0.0363. The van der Waals surface area contributed by atoms with E-state index in [4.69, 9.17) is 11.6 Å². The maximum Gasteiger partial charge on any atom is 0.307 e. The quantitative estimate of drug-likeness (QED) is 0.691. The molecule has 21 heavy (non-hydrogen) atoms. The zero-order chi connectivity index (χ0) is 15.6. The average molecular weight is 378 g/mol. The van der Waals surface area contributed by atoms with Crippen LogP contribution < -0.4 is 0 Å². The van der Waals surface area contributed by atoms with Crippen LogP contribution in [-0.2, 0) is 4.79 Å². The van der Waals surface area contributed by atoms with Crippen LogP contribution in [0.1, 0.15) is 50.5 Å². The highest BCUT2D eigenvalue weighted by Gasteiger charge is 2.37. The molecule has 3 atom stereocenters. The van der Waals surface area contributed by atoms with Crippen LogP contribution in [0.25, 0.3) is 0 Å². The van der Waals surface area contributed by atoms with Gasteiger partial charge >= 0.3 is 5.97 Å². The van der Waals surface area contributed by atoms with Crippen molar-refractivity contribution in [3.63, 3.8) is 0 Å². The molecular weight excluding hydrogens is 359 g/mol. The normalized spacial score (nSPS) is 25.8. The first-order valence-electron chi connectivity index (χ1n) is 7.31. The molecule has 0 saturated heterocycles. The van der Waals surface area contributed by atoms with Crippen molar-refractivity contribution in [1.29, 1.82) is 0 Å². The highest BCUT2D eigenvalue weighted by atomic mass is 79.9.